The highest BCUT2D eigenvalue weighted by Crippen LogP contribution is 2.46. The summed E-state index contributed by atoms with van der Waals surface area (Å²) in [6, 6.07) is 2.87. The summed E-state index contributed by atoms with van der Waals surface area (Å²) in [6.07, 6.45) is -1.72. The van der Waals surface area contributed by atoms with Crippen molar-refractivity contribution in [2.45, 2.75) is 50.3 Å². The highest BCUT2D eigenvalue weighted by molar-refractivity contribution is 5.95. The minimum atomic E-state index is -1.56. The maximum absolute atomic E-state index is 12.6. The normalized spacial score (nSPS) is 31.3. The van der Waals surface area contributed by atoms with Crippen LogP contribution in [0, 0.1) is 0 Å². The number of ether oxygens (including phenoxy) is 3. The van der Waals surface area contributed by atoms with Gasteiger partial charge in [-0.1, -0.05) is 6.08 Å². The Hall–Kier alpha value is -2.42. The number of cyclic esters (lactones) is 1. The number of aliphatic hydroxyl groups is 2. The molecule has 1 aromatic carbocycles. The minimum absolute atomic E-state index is 0.00568. The van der Waals surface area contributed by atoms with Crippen LogP contribution in [0.25, 0.3) is 0 Å². The summed E-state index contributed by atoms with van der Waals surface area (Å²) >= 11 is 0. The highest BCUT2D eigenvalue weighted by Gasteiger charge is 2.46. The van der Waals surface area contributed by atoms with Crippen molar-refractivity contribution in [3.05, 3.63) is 35.4 Å². The molecule has 3 N–H and O–H groups in total. The number of fused-ring (bicyclic) bond motifs is 3. The number of phenolic OH excluding ortho intramolecular Hbond substituents is 1. The average Bonchev–Trinajstić information content (AvgIpc) is 3.38. The number of rotatable bonds is 1. The predicted octanol–water partition coefficient (Wildman–Crippen LogP) is 1.03. The van der Waals surface area contributed by atoms with Crippen molar-refractivity contribution >= 4 is 11.8 Å². The smallest absolute Gasteiger partial charge is 0.342 e. The number of aromatic hydroxyl groups is 1. The predicted molar refractivity (Wildman–Crippen MR) is 92.5 cm³/mol. The number of carbonyl (C=O) groups is 2. The number of methoxy groups -OCH3 is 1. The van der Waals surface area contributed by atoms with Crippen molar-refractivity contribution in [1.82, 2.24) is 0 Å². The topological polar surface area (TPSA) is 126 Å². The molecule has 0 bridgehead atoms. The summed E-state index contributed by atoms with van der Waals surface area (Å²) in [4.78, 5) is 24.5. The van der Waals surface area contributed by atoms with Crippen LogP contribution in [-0.2, 0) is 14.3 Å². The minimum Gasteiger partial charge on any atom is -0.507 e. The Morgan fingerprint density at radius 1 is 1.22 bits per heavy atom. The van der Waals surface area contributed by atoms with Crippen LogP contribution in [0.5, 0.6) is 11.5 Å². The molecule has 0 aromatic heterocycles. The molecule has 2 aliphatic heterocycles. The molecule has 0 unspecified atom stereocenters. The van der Waals surface area contributed by atoms with Gasteiger partial charge in [-0.2, -0.15) is 0 Å². The van der Waals surface area contributed by atoms with E-state index < -0.39 is 42.3 Å². The summed E-state index contributed by atoms with van der Waals surface area (Å²) in [5.74, 6) is -1.31. The third-order valence-corrected chi connectivity index (χ3v) is 4.64. The largest absolute Gasteiger partial charge is 0.507 e. The second-order valence-electron chi connectivity index (χ2n) is 6.71. The van der Waals surface area contributed by atoms with Crippen LogP contribution in [-0.4, -0.2) is 58.6 Å². The summed E-state index contributed by atoms with van der Waals surface area (Å²) in [7, 11) is 1.42. The number of ketones is 1. The number of esters is 1. The van der Waals surface area contributed by atoms with Crippen molar-refractivity contribution in [2.75, 3.05) is 7.11 Å². The Morgan fingerprint density at radius 2 is 1.96 bits per heavy atom. The molecule has 0 radical (unpaired) electrons. The van der Waals surface area contributed by atoms with Crippen LogP contribution >= 0.6 is 0 Å². The summed E-state index contributed by atoms with van der Waals surface area (Å²) in [5.41, 5.74) is 0.344. The Kier molecular flexibility index (Phi) is 5.50. The average molecular weight is 378 g/mol. The van der Waals surface area contributed by atoms with Crippen molar-refractivity contribution in [2.24, 2.45) is 0 Å². The third-order valence-electron chi connectivity index (χ3n) is 4.64. The number of carbonyl (C=O) groups excluding carboxylic acids is 2. The standard InChI is InChI=1S/C19H22O8/c1-9-4-3-5-12(20)17(23)14(22)8-15-18(27-15)11-6-10(25-2)7-13(21)16(11)19(24)26-9/h3,5-7,9,14-15,17-18,21-23H,4,8H2,1-2H3/t9-,14+,15-,17+,18-/m0/s1. The van der Waals surface area contributed by atoms with E-state index in [1.54, 1.807) is 13.0 Å². The maximum atomic E-state index is 12.6. The van der Waals surface area contributed by atoms with Gasteiger partial charge in [0.1, 0.15) is 35.4 Å². The second kappa shape index (κ2) is 7.67. The van der Waals surface area contributed by atoms with Gasteiger partial charge in [-0.25, -0.2) is 4.79 Å². The van der Waals surface area contributed by atoms with Crippen LogP contribution in [0.1, 0.15) is 41.8 Å². The van der Waals surface area contributed by atoms with Gasteiger partial charge in [0, 0.05) is 24.5 Å². The second-order valence-corrected chi connectivity index (χ2v) is 6.71. The number of hydrogen-bond donors (Lipinski definition) is 3. The molecule has 8 nitrogen and oxygen atoms in total. The molecule has 1 saturated heterocycles. The van der Waals surface area contributed by atoms with E-state index in [0.29, 0.717) is 11.3 Å². The number of epoxide rings is 1. The number of hydrogen-bond acceptors (Lipinski definition) is 8. The fourth-order valence-corrected chi connectivity index (χ4v) is 3.10. The van der Waals surface area contributed by atoms with Crippen LogP contribution in [0.4, 0.5) is 0 Å². The highest BCUT2D eigenvalue weighted by atomic mass is 16.6. The molecule has 0 amide bonds. The lowest BCUT2D eigenvalue weighted by Gasteiger charge is -2.17. The van der Waals surface area contributed by atoms with E-state index in [9.17, 15) is 24.9 Å². The molecule has 146 valence electrons. The molecule has 1 aromatic rings. The molecule has 5 atom stereocenters. The van der Waals surface area contributed by atoms with Crippen molar-refractivity contribution in [1.29, 1.82) is 0 Å². The maximum Gasteiger partial charge on any atom is 0.342 e. The first-order valence-electron chi connectivity index (χ1n) is 8.65. The van der Waals surface area contributed by atoms with Crippen LogP contribution in [0.2, 0.25) is 0 Å². The molecular formula is C19H22O8. The third kappa shape index (κ3) is 4.13. The number of phenols is 1. The summed E-state index contributed by atoms with van der Waals surface area (Å²) in [5, 5.41) is 30.4. The molecule has 0 aliphatic carbocycles. The quantitative estimate of drug-likeness (QED) is 0.489. The molecule has 27 heavy (non-hydrogen) atoms. The van der Waals surface area contributed by atoms with Gasteiger partial charge in [0.15, 0.2) is 5.78 Å². The van der Waals surface area contributed by atoms with Crippen molar-refractivity contribution in [3.63, 3.8) is 0 Å². The monoisotopic (exact) mass is 378 g/mol. The fourth-order valence-electron chi connectivity index (χ4n) is 3.10. The lowest BCUT2D eigenvalue weighted by Crippen LogP contribution is -2.34. The molecule has 0 saturated carbocycles. The van der Waals surface area contributed by atoms with Gasteiger partial charge >= 0.3 is 5.97 Å². The van der Waals surface area contributed by atoms with Crippen LogP contribution in [0.3, 0.4) is 0 Å². The van der Waals surface area contributed by atoms with E-state index in [0.717, 1.165) is 6.08 Å². The lowest BCUT2D eigenvalue weighted by atomic mass is 9.97. The van der Waals surface area contributed by atoms with Crippen molar-refractivity contribution < 1.29 is 39.1 Å². The lowest BCUT2D eigenvalue weighted by molar-refractivity contribution is -0.128. The van der Waals surface area contributed by atoms with Gasteiger partial charge in [-0.3, -0.25) is 4.79 Å². The van der Waals surface area contributed by atoms with Gasteiger partial charge in [-0.15, -0.1) is 0 Å². The summed E-state index contributed by atoms with van der Waals surface area (Å²) < 4.78 is 16.0. The first-order chi connectivity index (χ1) is 12.8. The van der Waals surface area contributed by atoms with E-state index in [-0.39, 0.29) is 24.2 Å². The molecule has 1 fully saturated rings. The van der Waals surface area contributed by atoms with Gasteiger partial charge in [0.25, 0.3) is 0 Å². The van der Waals surface area contributed by atoms with Gasteiger partial charge in [-0.05, 0) is 19.1 Å². The zero-order chi connectivity index (χ0) is 19.7. The van der Waals surface area contributed by atoms with E-state index in [4.69, 9.17) is 14.2 Å². The molecule has 0 spiro atoms. The van der Waals surface area contributed by atoms with E-state index >= 15 is 0 Å². The number of benzene rings is 1. The van der Waals surface area contributed by atoms with Crippen LogP contribution < -0.4 is 4.74 Å². The molecule has 2 aliphatic rings. The Labute approximate surface area is 156 Å². The van der Waals surface area contributed by atoms with E-state index in [2.05, 4.69) is 0 Å². The molecular weight excluding hydrogens is 356 g/mol. The Bertz CT molecular complexity index is 771. The molecule has 3 rings (SSSR count). The molecule has 8 heteroatoms. The van der Waals surface area contributed by atoms with Gasteiger partial charge < -0.3 is 29.5 Å². The fraction of sp³-hybridized carbons (Fsp3) is 0.474. The van der Waals surface area contributed by atoms with Gasteiger partial charge in [0.05, 0.1) is 19.3 Å². The van der Waals surface area contributed by atoms with Gasteiger partial charge in [0.2, 0.25) is 0 Å². The Morgan fingerprint density at radius 3 is 2.67 bits per heavy atom. The molecule has 2 heterocycles. The zero-order valence-corrected chi connectivity index (χ0v) is 15.0. The van der Waals surface area contributed by atoms with E-state index in [1.165, 1.54) is 19.3 Å². The Balaban J connectivity index is 1.98. The zero-order valence-electron chi connectivity index (χ0n) is 15.0. The van der Waals surface area contributed by atoms with Crippen LogP contribution in [0.15, 0.2) is 24.3 Å². The SMILES string of the molecule is COc1cc(O)c2c(c1)[C@@H]1O[C@H]1C[C@@H](O)[C@H](O)C(=O)C=CC[C@H](C)OC2=O. The van der Waals surface area contributed by atoms with Crippen molar-refractivity contribution in [3.8, 4) is 11.5 Å². The van der Waals surface area contributed by atoms with E-state index in [1.807, 2.05) is 0 Å². The first-order valence-corrected chi connectivity index (χ1v) is 8.65. The first kappa shape index (κ1) is 19.3. The summed E-state index contributed by atoms with van der Waals surface area (Å²) in [6.45, 7) is 1.64. The number of aliphatic hydroxyl groups excluding tert-OH is 2.